The van der Waals surface area contributed by atoms with Gasteiger partial charge in [-0.25, -0.2) is 9.97 Å². The van der Waals surface area contributed by atoms with Gasteiger partial charge in [-0.3, -0.25) is 4.79 Å². The van der Waals surface area contributed by atoms with Crippen molar-refractivity contribution in [3.8, 4) is 0 Å². The minimum Gasteiger partial charge on any atom is -0.350 e. The number of carbonyl (C=O) groups is 1. The number of rotatable bonds is 5. The van der Waals surface area contributed by atoms with E-state index in [-0.39, 0.29) is 11.9 Å². The summed E-state index contributed by atoms with van der Waals surface area (Å²) in [6, 6.07) is -0.135. The van der Waals surface area contributed by atoms with Crippen molar-refractivity contribution < 1.29 is 4.79 Å². The van der Waals surface area contributed by atoms with Gasteiger partial charge >= 0.3 is 0 Å². The minimum absolute atomic E-state index is 0.135. The number of nitrogens with one attached hydrogen (secondary N) is 1. The first-order valence-electron chi connectivity index (χ1n) is 5.96. The van der Waals surface area contributed by atoms with Crippen molar-refractivity contribution in [1.29, 1.82) is 0 Å². The molecule has 3 N–H and O–H groups in total. The van der Waals surface area contributed by atoms with E-state index < -0.39 is 0 Å². The molecular weight excluding hydrogens is 280 g/mol. The maximum Gasteiger partial charge on any atom is 0.270 e. The molecule has 1 atom stereocenters. The highest BCUT2D eigenvalue weighted by atomic mass is 32.1. The van der Waals surface area contributed by atoms with Crippen LogP contribution in [0.3, 0.4) is 0 Å². The van der Waals surface area contributed by atoms with E-state index in [2.05, 4.69) is 15.3 Å². The van der Waals surface area contributed by atoms with E-state index in [1.807, 2.05) is 19.2 Å². The van der Waals surface area contributed by atoms with E-state index in [9.17, 15) is 4.79 Å². The molecule has 0 saturated carbocycles. The Morgan fingerprint density at radius 3 is 2.79 bits per heavy atom. The van der Waals surface area contributed by atoms with Gasteiger partial charge in [0, 0.05) is 23.7 Å². The largest absolute Gasteiger partial charge is 0.350 e. The van der Waals surface area contributed by atoms with Gasteiger partial charge in [-0.1, -0.05) is 0 Å². The molecule has 2 heterocycles. The molecule has 2 aromatic rings. The lowest BCUT2D eigenvalue weighted by Gasteiger charge is -2.01. The van der Waals surface area contributed by atoms with Crippen LogP contribution in [-0.2, 0) is 6.42 Å². The van der Waals surface area contributed by atoms with E-state index in [4.69, 9.17) is 5.73 Å². The Kier molecular flexibility index (Phi) is 4.62. The van der Waals surface area contributed by atoms with E-state index >= 15 is 0 Å². The molecule has 5 nitrogen and oxygen atoms in total. The van der Waals surface area contributed by atoms with Crippen molar-refractivity contribution in [3.05, 3.63) is 32.2 Å². The molecule has 0 aliphatic heterocycles. The van der Waals surface area contributed by atoms with Crippen LogP contribution in [0.1, 0.15) is 39.2 Å². The van der Waals surface area contributed by atoms with Crippen molar-refractivity contribution in [3.63, 3.8) is 0 Å². The number of nitrogens with zero attached hydrogens (tertiary/aromatic N) is 2. The van der Waals surface area contributed by atoms with Crippen molar-refractivity contribution in [2.24, 2.45) is 5.73 Å². The van der Waals surface area contributed by atoms with Crippen LogP contribution < -0.4 is 11.1 Å². The van der Waals surface area contributed by atoms with E-state index in [0.29, 0.717) is 12.2 Å². The number of hydrogen-bond donors (Lipinski definition) is 2. The molecule has 0 aliphatic rings. The molecule has 2 rings (SSSR count). The predicted octanol–water partition coefficient (Wildman–Crippen LogP) is 1.90. The van der Waals surface area contributed by atoms with Gasteiger partial charge in [0.15, 0.2) is 0 Å². The summed E-state index contributed by atoms with van der Waals surface area (Å²) in [5.41, 5.74) is 7.16. The number of nitrogens with two attached hydrogens (primary N) is 1. The molecular formula is C12H16N4OS2. The second-order valence-corrected chi connectivity index (χ2v) is 6.18. The monoisotopic (exact) mass is 296 g/mol. The zero-order valence-corrected chi connectivity index (χ0v) is 12.5. The normalized spacial score (nSPS) is 12.4. The number of thiazole rings is 2. The molecule has 0 saturated heterocycles. The van der Waals surface area contributed by atoms with Crippen molar-refractivity contribution >= 4 is 28.6 Å². The van der Waals surface area contributed by atoms with Gasteiger partial charge in [0.25, 0.3) is 5.91 Å². The lowest BCUT2D eigenvalue weighted by atomic mass is 10.3. The predicted molar refractivity (Wildman–Crippen MR) is 77.6 cm³/mol. The topological polar surface area (TPSA) is 80.9 Å². The number of hydrogen-bond acceptors (Lipinski definition) is 6. The van der Waals surface area contributed by atoms with Gasteiger partial charge in [0.1, 0.15) is 10.7 Å². The second-order valence-electron chi connectivity index (χ2n) is 4.22. The summed E-state index contributed by atoms with van der Waals surface area (Å²) in [6.07, 6.45) is 0.736. The fourth-order valence-corrected chi connectivity index (χ4v) is 2.92. The van der Waals surface area contributed by atoms with Crippen LogP contribution >= 0.6 is 22.7 Å². The van der Waals surface area contributed by atoms with Crippen molar-refractivity contribution in [2.45, 2.75) is 26.3 Å². The summed E-state index contributed by atoms with van der Waals surface area (Å²) >= 11 is 3.03. The first kappa shape index (κ1) is 14.1. The molecule has 7 heteroatoms. The van der Waals surface area contributed by atoms with Gasteiger partial charge in [-0.2, -0.15) is 0 Å². The van der Waals surface area contributed by atoms with Gasteiger partial charge in [-0.15, -0.1) is 22.7 Å². The molecule has 2 aromatic heterocycles. The Labute approximate surface area is 119 Å². The first-order valence-corrected chi connectivity index (χ1v) is 7.72. The average Bonchev–Trinajstić information content (AvgIpc) is 2.98. The van der Waals surface area contributed by atoms with E-state index in [0.717, 1.165) is 22.1 Å². The third-order valence-corrected chi connectivity index (χ3v) is 4.35. The van der Waals surface area contributed by atoms with Crippen LogP contribution in [0.4, 0.5) is 0 Å². The number of aryl methyl sites for hydroxylation is 1. The highest BCUT2D eigenvalue weighted by Crippen LogP contribution is 2.15. The van der Waals surface area contributed by atoms with Gasteiger partial charge in [-0.05, 0) is 13.8 Å². The molecule has 0 aliphatic carbocycles. The standard InChI is InChI=1S/C12H16N4OS2/c1-7(13)12-16-10(6-19-12)11(17)14-4-3-9-5-18-8(2)15-9/h5-7H,3-4,13H2,1-2H3,(H,14,17). The molecule has 1 unspecified atom stereocenters. The molecule has 0 spiro atoms. The lowest BCUT2D eigenvalue weighted by Crippen LogP contribution is -2.26. The third kappa shape index (κ3) is 3.82. The Hall–Kier alpha value is -1.31. The highest BCUT2D eigenvalue weighted by molar-refractivity contribution is 7.10. The molecule has 1 amide bonds. The summed E-state index contributed by atoms with van der Waals surface area (Å²) in [4.78, 5) is 20.4. The molecule has 0 aromatic carbocycles. The first-order chi connectivity index (χ1) is 9.06. The summed E-state index contributed by atoms with van der Waals surface area (Å²) in [5, 5.41) is 8.41. The number of carbonyl (C=O) groups excluding carboxylic acids is 1. The maximum atomic E-state index is 11.9. The molecule has 19 heavy (non-hydrogen) atoms. The third-order valence-electron chi connectivity index (χ3n) is 2.48. The fraction of sp³-hybridized carbons (Fsp3) is 0.417. The van der Waals surface area contributed by atoms with Gasteiger partial charge in [0.05, 0.1) is 16.7 Å². The van der Waals surface area contributed by atoms with E-state index in [1.165, 1.54) is 11.3 Å². The Morgan fingerprint density at radius 1 is 1.42 bits per heavy atom. The number of aromatic nitrogens is 2. The zero-order valence-electron chi connectivity index (χ0n) is 10.8. The average molecular weight is 296 g/mol. The second kappa shape index (κ2) is 6.23. The molecule has 0 bridgehead atoms. The highest BCUT2D eigenvalue weighted by Gasteiger charge is 2.12. The summed E-state index contributed by atoms with van der Waals surface area (Å²) in [6.45, 7) is 4.38. The summed E-state index contributed by atoms with van der Waals surface area (Å²) < 4.78 is 0. The van der Waals surface area contributed by atoms with Crippen LogP contribution in [-0.4, -0.2) is 22.4 Å². The lowest BCUT2D eigenvalue weighted by molar-refractivity contribution is 0.0949. The Bertz CT molecular complexity index is 562. The van der Waals surface area contributed by atoms with E-state index in [1.54, 1.807) is 16.7 Å². The van der Waals surface area contributed by atoms with Crippen LogP contribution in [0, 0.1) is 6.92 Å². The van der Waals surface area contributed by atoms with Crippen molar-refractivity contribution in [2.75, 3.05) is 6.54 Å². The summed E-state index contributed by atoms with van der Waals surface area (Å²) in [5.74, 6) is -0.157. The van der Waals surface area contributed by atoms with Crippen LogP contribution in [0.15, 0.2) is 10.8 Å². The fourth-order valence-electron chi connectivity index (χ4n) is 1.52. The Morgan fingerprint density at radius 2 is 2.21 bits per heavy atom. The molecule has 0 radical (unpaired) electrons. The van der Waals surface area contributed by atoms with Gasteiger partial charge < -0.3 is 11.1 Å². The maximum absolute atomic E-state index is 11.9. The Balaban J connectivity index is 1.83. The quantitative estimate of drug-likeness (QED) is 0.883. The van der Waals surface area contributed by atoms with Crippen LogP contribution in [0.5, 0.6) is 0 Å². The summed E-state index contributed by atoms with van der Waals surface area (Å²) in [7, 11) is 0. The van der Waals surface area contributed by atoms with Gasteiger partial charge in [0.2, 0.25) is 0 Å². The number of amides is 1. The zero-order chi connectivity index (χ0) is 13.8. The SMILES string of the molecule is Cc1nc(CCNC(=O)c2csc(C(C)N)n2)cs1. The molecule has 0 fully saturated rings. The van der Waals surface area contributed by atoms with Crippen LogP contribution in [0.25, 0.3) is 0 Å². The van der Waals surface area contributed by atoms with Crippen molar-refractivity contribution in [1.82, 2.24) is 15.3 Å². The minimum atomic E-state index is -0.157. The van der Waals surface area contributed by atoms with Crippen LogP contribution in [0.2, 0.25) is 0 Å². The molecule has 102 valence electrons. The smallest absolute Gasteiger partial charge is 0.270 e.